The average molecular weight is 322 g/mol. The van der Waals surface area contributed by atoms with Crippen LogP contribution in [0.3, 0.4) is 0 Å². The Balaban J connectivity index is 1.74. The number of halogens is 1. The second-order valence-electron chi connectivity index (χ2n) is 6.45. The monoisotopic (exact) mass is 322 g/mol. The molecular weight excluding hydrogens is 299 g/mol. The lowest BCUT2D eigenvalue weighted by Gasteiger charge is -2.31. The van der Waals surface area contributed by atoms with Crippen LogP contribution in [0.25, 0.3) is 0 Å². The van der Waals surface area contributed by atoms with Crippen LogP contribution < -0.4 is 4.90 Å². The predicted octanol–water partition coefficient (Wildman–Crippen LogP) is 1.53. The number of carbonyl (C=O) groups is 1. The first-order valence-corrected chi connectivity index (χ1v) is 7.97. The molecular formula is C17H23FN2O3. The van der Waals surface area contributed by atoms with E-state index in [1.807, 2.05) is 0 Å². The third-order valence-electron chi connectivity index (χ3n) is 4.59. The molecule has 2 fully saturated rings. The minimum absolute atomic E-state index is 0.0776. The molecule has 6 heteroatoms. The quantitative estimate of drug-likeness (QED) is 0.843. The molecule has 0 saturated carbocycles. The summed E-state index contributed by atoms with van der Waals surface area (Å²) < 4.78 is 24.0. The van der Waals surface area contributed by atoms with Gasteiger partial charge in [-0.05, 0) is 24.3 Å². The van der Waals surface area contributed by atoms with Gasteiger partial charge in [-0.2, -0.15) is 0 Å². The summed E-state index contributed by atoms with van der Waals surface area (Å²) in [6.07, 6.45) is 0.466. The number of nitrogens with zero attached hydrogens (tertiary/aromatic N) is 2. The normalized spacial score (nSPS) is 26.0. The minimum Gasteiger partial charge on any atom is -0.383 e. The van der Waals surface area contributed by atoms with E-state index in [1.54, 1.807) is 24.1 Å². The van der Waals surface area contributed by atoms with Gasteiger partial charge in [-0.1, -0.05) is 0 Å². The third kappa shape index (κ3) is 3.71. The van der Waals surface area contributed by atoms with Gasteiger partial charge in [0.15, 0.2) is 0 Å². The fraction of sp³-hybridized carbons (Fsp3) is 0.588. The van der Waals surface area contributed by atoms with Crippen LogP contribution in [0, 0.1) is 11.2 Å². The first-order valence-electron chi connectivity index (χ1n) is 7.97. The zero-order chi connectivity index (χ0) is 16.3. The van der Waals surface area contributed by atoms with Crippen molar-refractivity contribution in [3.8, 4) is 0 Å². The topological polar surface area (TPSA) is 42.0 Å². The smallest absolute Gasteiger partial charge is 0.227 e. The van der Waals surface area contributed by atoms with Gasteiger partial charge in [-0.25, -0.2) is 4.39 Å². The molecule has 0 radical (unpaired) electrons. The van der Waals surface area contributed by atoms with Crippen LogP contribution in [0.2, 0.25) is 0 Å². The van der Waals surface area contributed by atoms with Crippen molar-refractivity contribution in [2.24, 2.45) is 5.41 Å². The second-order valence-corrected chi connectivity index (χ2v) is 6.45. The van der Waals surface area contributed by atoms with E-state index >= 15 is 0 Å². The highest BCUT2D eigenvalue weighted by molar-refractivity contribution is 5.96. The summed E-state index contributed by atoms with van der Waals surface area (Å²) in [5.74, 6) is -0.215. The van der Waals surface area contributed by atoms with Crippen molar-refractivity contribution in [1.29, 1.82) is 0 Å². The minimum atomic E-state index is -0.293. The van der Waals surface area contributed by atoms with Crippen molar-refractivity contribution >= 4 is 11.6 Å². The summed E-state index contributed by atoms with van der Waals surface area (Å²) >= 11 is 0. The summed E-state index contributed by atoms with van der Waals surface area (Å²) in [6.45, 7) is 5.06. The van der Waals surface area contributed by atoms with E-state index in [-0.39, 0.29) is 17.1 Å². The molecule has 0 aromatic heterocycles. The molecule has 5 nitrogen and oxygen atoms in total. The lowest BCUT2D eigenvalue weighted by atomic mass is 9.87. The molecule has 2 aliphatic heterocycles. The Morgan fingerprint density at radius 1 is 1.30 bits per heavy atom. The van der Waals surface area contributed by atoms with Crippen molar-refractivity contribution in [3.63, 3.8) is 0 Å². The number of hydrogen-bond acceptors (Lipinski definition) is 4. The fourth-order valence-corrected chi connectivity index (χ4v) is 3.45. The van der Waals surface area contributed by atoms with Gasteiger partial charge in [-0.15, -0.1) is 0 Å². The Kier molecular flexibility index (Phi) is 4.94. The Bertz CT molecular complexity index is 551. The van der Waals surface area contributed by atoms with Crippen LogP contribution >= 0.6 is 0 Å². The highest BCUT2D eigenvalue weighted by atomic mass is 19.1. The molecule has 0 unspecified atom stereocenters. The van der Waals surface area contributed by atoms with E-state index in [0.717, 1.165) is 25.3 Å². The maximum absolute atomic E-state index is 13.1. The van der Waals surface area contributed by atoms with Gasteiger partial charge in [-0.3, -0.25) is 9.69 Å². The maximum atomic E-state index is 13.1. The van der Waals surface area contributed by atoms with Gasteiger partial charge in [0, 0.05) is 50.8 Å². The molecule has 2 saturated heterocycles. The van der Waals surface area contributed by atoms with Gasteiger partial charge in [0.05, 0.1) is 19.8 Å². The van der Waals surface area contributed by atoms with Gasteiger partial charge in [0.2, 0.25) is 5.91 Å². The number of carbonyl (C=O) groups excluding carboxylic acids is 1. The summed E-state index contributed by atoms with van der Waals surface area (Å²) in [7, 11) is 1.69. The molecule has 0 bridgehead atoms. The fourth-order valence-electron chi connectivity index (χ4n) is 3.45. The summed E-state index contributed by atoms with van der Waals surface area (Å²) in [5.41, 5.74) is 0.552. The molecule has 1 atom stereocenters. The Hall–Kier alpha value is -1.50. The molecule has 1 aromatic rings. The molecule has 1 spiro atoms. The van der Waals surface area contributed by atoms with Gasteiger partial charge < -0.3 is 14.4 Å². The number of rotatable bonds is 4. The van der Waals surface area contributed by atoms with Crippen molar-refractivity contribution < 1.29 is 18.7 Å². The molecule has 1 amide bonds. The number of benzene rings is 1. The van der Waals surface area contributed by atoms with Crippen LogP contribution in [0.5, 0.6) is 0 Å². The van der Waals surface area contributed by atoms with Crippen molar-refractivity contribution in [2.75, 3.05) is 58.0 Å². The highest BCUT2D eigenvalue weighted by Gasteiger charge is 2.45. The number of methoxy groups -OCH3 is 1. The second kappa shape index (κ2) is 6.95. The van der Waals surface area contributed by atoms with Crippen LogP contribution in [-0.4, -0.2) is 63.9 Å². The Labute approximate surface area is 136 Å². The lowest BCUT2D eigenvalue weighted by molar-refractivity contribution is -0.118. The van der Waals surface area contributed by atoms with E-state index in [1.165, 1.54) is 12.1 Å². The highest BCUT2D eigenvalue weighted by Crippen LogP contribution is 2.36. The summed E-state index contributed by atoms with van der Waals surface area (Å²) in [6, 6.07) is 6.10. The number of ether oxygens (including phenoxy) is 2. The largest absolute Gasteiger partial charge is 0.383 e. The SMILES string of the molecule is COCCN1CCOC[C@@]2(CC(=O)N(c3ccc(F)cc3)C2)C1. The van der Waals surface area contributed by atoms with Gasteiger partial charge in [0.25, 0.3) is 0 Å². The van der Waals surface area contributed by atoms with Crippen LogP contribution in [0.15, 0.2) is 24.3 Å². The Morgan fingerprint density at radius 3 is 2.83 bits per heavy atom. The summed E-state index contributed by atoms with van der Waals surface area (Å²) in [5, 5.41) is 0. The molecule has 0 N–H and O–H groups in total. The zero-order valence-corrected chi connectivity index (χ0v) is 13.5. The molecule has 0 aliphatic carbocycles. The van der Waals surface area contributed by atoms with Crippen LogP contribution in [0.1, 0.15) is 6.42 Å². The molecule has 23 heavy (non-hydrogen) atoms. The maximum Gasteiger partial charge on any atom is 0.227 e. The molecule has 2 aliphatic rings. The number of hydrogen-bond donors (Lipinski definition) is 0. The van der Waals surface area contributed by atoms with E-state index in [0.29, 0.717) is 32.8 Å². The van der Waals surface area contributed by atoms with E-state index in [2.05, 4.69) is 4.90 Å². The van der Waals surface area contributed by atoms with Crippen molar-refractivity contribution in [2.45, 2.75) is 6.42 Å². The van der Waals surface area contributed by atoms with E-state index in [9.17, 15) is 9.18 Å². The first kappa shape index (κ1) is 16.4. The molecule has 3 rings (SSSR count). The van der Waals surface area contributed by atoms with Crippen LogP contribution in [0.4, 0.5) is 10.1 Å². The summed E-state index contributed by atoms with van der Waals surface area (Å²) in [4.78, 5) is 16.6. The van der Waals surface area contributed by atoms with Crippen molar-refractivity contribution in [3.05, 3.63) is 30.1 Å². The first-order chi connectivity index (χ1) is 11.1. The van der Waals surface area contributed by atoms with Crippen LogP contribution in [-0.2, 0) is 14.3 Å². The average Bonchev–Trinajstić information content (AvgIpc) is 2.73. The lowest BCUT2D eigenvalue weighted by Crippen LogP contribution is -2.41. The van der Waals surface area contributed by atoms with E-state index < -0.39 is 0 Å². The van der Waals surface area contributed by atoms with Gasteiger partial charge >= 0.3 is 0 Å². The van der Waals surface area contributed by atoms with Gasteiger partial charge in [0.1, 0.15) is 5.82 Å². The molecule has 2 heterocycles. The number of amides is 1. The molecule has 1 aromatic carbocycles. The Morgan fingerprint density at radius 2 is 2.09 bits per heavy atom. The number of anilines is 1. The molecule has 126 valence electrons. The van der Waals surface area contributed by atoms with E-state index in [4.69, 9.17) is 9.47 Å². The third-order valence-corrected chi connectivity index (χ3v) is 4.59. The zero-order valence-electron chi connectivity index (χ0n) is 13.5. The standard InChI is InChI=1S/C17H23FN2O3/c1-22-8-6-19-7-9-23-13-17(11-19)10-16(21)20(12-17)15-4-2-14(18)3-5-15/h2-5H,6-13H2,1H3/t17-/m0/s1. The predicted molar refractivity (Wildman–Crippen MR) is 84.9 cm³/mol. The van der Waals surface area contributed by atoms with Crippen molar-refractivity contribution in [1.82, 2.24) is 4.90 Å².